The molecule has 0 radical (unpaired) electrons. The van der Waals surface area contributed by atoms with Gasteiger partial charge in [-0.2, -0.15) is 13.2 Å². The van der Waals surface area contributed by atoms with Crippen LogP contribution in [0.2, 0.25) is 0 Å². The Bertz CT molecular complexity index is 919. The molecule has 1 saturated heterocycles. The van der Waals surface area contributed by atoms with Gasteiger partial charge in [0.05, 0.1) is 11.9 Å². The highest BCUT2D eigenvalue weighted by Crippen LogP contribution is 2.27. The van der Waals surface area contributed by atoms with E-state index in [1.165, 1.54) is 9.47 Å². The number of halogens is 5. The Labute approximate surface area is 162 Å². The van der Waals surface area contributed by atoms with Gasteiger partial charge in [0.1, 0.15) is 11.4 Å². The molecule has 0 N–H and O–H groups in total. The van der Waals surface area contributed by atoms with Crippen molar-refractivity contribution in [3.05, 3.63) is 58.0 Å². The van der Waals surface area contributed by atoms with E-state index in [4.69, 9.17) is 0 Å². The molecule has 1 fully saturated rings. The molecule has 3 rings (SSSR count). The second-order valence-electron chi connectivity index (χ2n) is 6.77. The lowest BCUT2D eigenvalue weighted by molar-refractivity contribution is -0.141. The lowest BCUT2D eigenvalue weighted by atomic mass is 9.96. The van der Waals surface area contributed by atoms with Gasteiger partial charge in [-0.1, -0.05) is 0 Å². The summed E-state index contributed by atoms with van der Waals surface area (Å²) >= 11 is 0. The van der Waals surface area contributed by atoms with Gasteiger partial charge in [-0.3, -0.25) is 19.1 Å². The summed E-state index contributed by atoms with van der Waals surface area (Å²) in [4.78, 5) is 32.7. The Morgan fingerprint density at radius 3 is 2.38 bits per heavy atom. The zero-order chi connectivity index (χ0) is 21.2. The summed E-state index contributed by atoms with van der Waals surface area (Å²) < 4.78 is 64.1. The highest BCUT2D eigenvalue weighted by atomic mass is 19.4. The van der Waals surface area contributed by atoms with Crippen molar-refractivity contribution in [1.82, 2.24) is 19.4 Å². The second kappa shape index (κ2) is 8.26. The minimum atomic E-state index is -4.57. The van der Waals surface area contributed by atoms with Gasteiger partial charge in [0.2, 0.25) is 0 Å². The molecule has 1 amide bonds. The number of nitrogens with zero attached hydrogens (tertiary/aromatic N) is 4. The minimum Gasteiger partial charge on any atom is -0.339 e. The van der Waals surface area contributed by atoms with Gasteiger partial charge in [-0.15, -0.1) is 0 Å². The molecule has 0 unspecified atom stereocenters. The largest absolute Gasteiger partial charge is 0.433 e. The Morgan fingerprint density at radius 1 is 1.17 bits per heavy atom. The van der Waals surface area contributed by atoms with Crippen molar-refractivity contribution in [3.8, 4) is 0 Å². The number of pyridine rings is 1. The maximum absolute atomic E-state index is 12.6. The summed E-state index contributed by atoms with van der Waals surface area (Å²) in [6.07, 6.45) is -4.26. The van der Waals surface area contributed by atoms with Crippen molar-refractivity contribution < 1.29 is 26.7 Å². The Hall–Kier alpha value is -2.85. The predicted octanol–water partition coefficient (Wildman–Crippen LogP) is 3.15. The van der Waals surface area contributed by atoms with Crippen LogP contribution >= 0.6 is 0 Å². The third-order valence-electron chi connectivity index (χ3n) is 4.78. The monoisotopic (exact) mass is 416 g/mol. The summed E-state index contributed by atoms with van der Waals surface area (Å²) in [6, 6.07) is 2.67. The highest BCUT2D eigenvalue weighted by molar-refractivity contribution is 5.94. The first-order chi connectivity index (χ1) is 13.6. The Kier molecular flexibility index (Phi) is 5.94. The van der Waals surface area contributed by atoms with Gasteiger partial charge < -0.3 is 4.90 Å². The molecule has 0 saturated carbocycles. The van der Waals surface area contributed by atoms with Crippen LogP contribution in [0.1, 0.15) is 41.0 Å². The molecule has 0 aliphatic carbocycles. The maximum Gasteiger partial charge on any atom is 0.433 e. The van der Waals surface area contributed by atoms with Crippen molar-refractivity contribution in [3.63, 3.8) is 0 Å². The minimum absolute atomic E-state index is 0.0432. The fourth-order valence-electron chi connectivity index (χ4n) is 3.16. The van der Waals surface area contributed by atoms with E-state index in [1.54, 1.807) is 0 Å². The standard InChI is InChI=1S/C18H17F5N4O2/c19-16(20)13-7-15(28)27(10-25-13)9-11-3-5-26(6-4-11)17(29)12-1-2-14(24-8-12)18(21,22)23/h1-2,7-8,10-11,16H,3-6,9H2. The summed E-state index contributed by atoms with van der Waals surface area (Å²) in [5.41, 5.74) is -2.13. The number of alkyl halides is 5. The molecule has 0 atom stereocenters. The molecule has 0 spiro atoms. The molecular formula is C18H17F5N4O2. The van der Waals surface area contributed by atoms with Crippen LogP contribution in [-0.4, -0.2) is 38.4 Å². The van der Waals surface area contributed by atoms with Gasteiger partial charge in [-0.05, 0) is 30.9 Å². The number of carbonyl (C=O) groups excluding carboxylic acids is 1. The number of aromatic nitrogens is 3. The average molecular weight is 416 g/mol. The first kappa shape index (κ1) is 20.9. The van der Waals surface area contributed by atoms with Crippen LogP contribution in [0.25, 0.3) is 0 Å². The fraction of sp³-hybridized carbons (Fsp3) is 0.444. The van der Waals surface area contributed by atoms with E-state index in [0.717, 1.165) is 30.7 Å². The molecule has 3 heterocycles. The van der Waals surface area contributed by atoms with E-state index in [1.807, 2.05) is 0 Å². The van der Waals surface area contributed by atoms with E-state index < -0.39 is 35.5 Å². The number of carbonyl (C=O) groups is 1. The summed E-state index contributed by atoms with van der Waals surface area (Å²) in [7, 11) is 0. The summed E-state index contributed by atoms with van der Waals surface area (Å²) in [5.74, 6) is -0.369. The SMILES string of the molecule is O=C(c1ccc(C(F)(F)F)nc1)N1CCC(Cn2cnc(C(F)F)cc2=O)CC1. The molecule has 2 aromatic heterocycles. The summed E-state index contributed by atoms with van der Waals surface area (Å²) in [6.45, 7) is 1.02. The number of hydrogen-bond donors (Lipinski definition) is 0. The smallest absolute Gasteiger partial charge is 0.339 e. The normalized spacial score (nSPS) is 15.7. The van der Waals surface area contributed by atoms with Gasteiger partial charge in [0.15, 0.2) is 0 Å². The number of piperidine rings is 1. The number of rotatable bonds is 4. The first-order valence-corrected chi connectivity index (χ1v) is 8.82. The molecule has 0 bridgehead atoms. The molecule has 1 aliphatic heterocycles. The zero-order valence-corrected chi connectivity index (χ0v) is 15.1. The molecule has 2 aromatic rings. The van der Waals surface area contributed by atoms with E-state index in [-0.39, 0.29) is 11.5 Å². The number of amides is 1. The van der Waals surface area contributed by atoms with Gasteiger partial charge >= 0.3 is 6.18 Å². The van der Waals surface area contributed by atoms with Gasteiger partial charge in [0, 0.05) is 31.9 Å². The molecule has 11 heteroatoms. The van der Waals surface area contributed by atoms with Crippen molar-refractivity contribution in [2.45, 2.75) is 32.0 Å². The number of likely N-dealkylation sites (tertiary alicyclic amines) is 1. The lowest BCUT2D eigenvalue weighted by Gasteiger charge is -2.32. The van der Waals surface area contributed by atoms with Crippen LogP contribution in [0, 0.1) is 5.92 Å². The van der Waals surface area contributed by atoms with Crippen molar-refractivity contribution in [1.29, 1.82) is 0 Å². The van der Waals surface area contributed by atoms with Gasteiger partial charge in [-0.25, -0.2) is 13.8 Å². The molecule has 6 nitrogen and oxygen atoms in total. The van der Waals surface area contributed by atoms with Crippen LogP contribution in [-0.2, 0) is 12.7 Å². The lowest BCUT2D eigenvalue weighted by Crippen LogP contribution is -2.40. The highest BCUT2D eigenvalue weighted by Gasteiger charge is 2.32. The van der Waals surface area contributed by atoms with Crippen LogP contribution in [0.4, 0.5) is 22.0 Å². The second-order valence-corrected chi connectivity index (χ2v) is 6.77. The number of hydrogen-bond acceptors (Lipinski definition) is 4. The predicted molar refractivity (Wildman–Crippen MR) is 91.3 cm³/mol. The molecule has 29 heavy (non-hydrogen) atoms. The molecular weight excluding hydrogens is 399 g/mol. The van der Waals surface area contributed by atoms with Crippen molar-refractivity contribution in [2.75, 3.05) is 13.1 Å². The summed E-state index contributed by atoms with van der Waals surface area (Å²) in [5, 5.41) is 0. The first-order valence-electron chi connectivity index (χ1n) is 8.82. The van der Waals surface area contributed by atoms with Crippen molar-refractivity contribution >= 4 is 5.91 Å². The fourth-order valence-corrected chi connectivity index (χ4v) is 3.16. The van der Waals surface area contributed by atoms with Crippen LogP contribution in [0.3, 0.4) is 0 Å². The van der Waals surface area contributed by atoms with E-state index in [2.05, 4.69) is 9.97 Å². The Morgan fingerprint density at radius 2 is 1.86 bits per heavy atom. The van der Waals surface area contributed by atoms with E-state index in [0.29, 0.717) is 32.5 Å². The third-order valence-corrected chi connectivity index (χ3v) is 4.78. The topological polar surface area (TPSA) is 68.1 Å². The van der Waals surface area contributed by atoms with Crippen LogP contribution in [0.5, 0.6) is 0 Å². The van der Waals surface area contributed by atoms with E-state index >= 15 is 0 Å². The van der Waals surface area contributed by atoms with Crippen LogP contribution in [0.15, 0.2) is 35.5 Å². The third kappa shape index (κ3) is 4.96. The Balaban J connectivity index is 1.58. The zero-order valence-electron chi connectivity index (χ0n) is 15.1. The van der Waals surface area contributed by atoms with Crippen molar-refractivity contribution in [2.24, 2.45) is 5.92 Å². The molecule has 1 aliphatic rings. The maximum atomic E-state index is 12.6. The quantitative estimate of drug-likeness (QED) is 0.719. The molecule has 156 valence electrons. The molecule has 0 aromatic carbocycles. The average Bonchev–Trinajstić information content (AvgIpc) is 2.69. The van der Waals surface area contributed by atoms with E-state index in [9.17, 15) is 31.5 Å². The van der Waals surface area contributed by atoms with Gasteiger partial charge in [0.25, 0.3) is 17.9 Å². The van der Waals surface area contributed by atoms with Crippen LogP contribution < -0.4 is 5.56 Å².